The zero-order valence-corrected chi connectivity index (χ0v) is 9.57. The van der Waals surface area contributed by atoms with Crippen molar-refractivity contribution in [2.45, 2.75) is 39.8 Å². The highest BCUT2D eigenvalue weighted by molar-refractivity contribution is 5.42. The molecule has 0 radical (unpaired) electrons. The molecule has 4 heteroatoms. The summed E-state index contributed by atoms with van der Waals surface area (Å²) in [5.41, 5.74) is 2.00. The fourth-order valence-corrected chi connectivity index (χ4v) is 2.37. The second-order valence-corrected chi connectivity index (χ2v) is 4.65. The van der Waals surface area contributed by atoms with Crippen molar-refractivity contribution >= 4 is 0 Å². The highest BCUT2D eigenvalue weighted by Gasteiger charge is 2.37. The van der Waals surface area contributed by atoms with E-state index in [1.165, 1.54) is 6.92 Å². The van der Waals surface area contributed by atoms with Crippen molar-refractivity contribution in [3.63, 3.8) is 0 Å². The molecule has 0 amide bonds. The summed E-state index contributed by atoms with van der Waals surface area (Å²) >= 11 is 0. The number of hydrogen-bond acceptors (Lipinski definition) is 1. The predicted molar refractivity (Wildman–Crippen MR) is 55.3 cm³/mol. The van der Waals surface area contributed by atoms with Crippen LogP contribution in [0.2, 0.25) is 0 Å². The maximum atomic E-state index is 12.7. The van der Waals surface area contributed by atoms with Crippen LogP contribution < -0.4 is 0 Å². The first-order chi connectivity index (χ1) is 7.30. The largest absolute Gasteiger partial charge is 0.433 e. The molecule has 0 aromatic carbocycles. The zero-order valence-electron chi connectivity index (χ0n) is 9.57. The second kappa shape index (κ2) is 3.47. The number of alkyl halides is 3. The Balaban J connectivity index is 2.61. The van der Waals surface area contributed by atoms with Crippen LogP contribution >= 0.6 is 0 Å². The molecule has 0 aliphatic heterocycles. The minimum Gasteiger partial charge on any atom is -0.248 e. The molecule has 1 aliphatic rings. The summed E-state index contributed by atoms with van der Waals surface area (Å²) in [6.07, 6.45) is -2.82. The molecule has 88 valence electrons. The van der Waals surface area contributed by atoms with Gasteiger partial charge in [0.2, 0.25) is 0 Å². The molecule has 0 N–H and O–H groups in total. The molecular weight excluding hydrogens is 215 g/mol. The first kappa shape index (κ1) is 11.4. The summed E-state index contributed by atoms with van der Waals surface area (Å²) in [4.78, 5) is 3.81. The highest BCUT2D eigenvalue weighted by Crippen LogP contribution is 2.36. The number of nitrogens with zero attached hydrogens (tertiary/aromatic N) is 1. The van der Waals surface area contributed by atoms with Crippen molar-refractivity contribution < 1.29 is 13.2 Å². The summed E-state index contributed by atoms with van der Waals surface area (Å²) in [5.74, 6) is 0.407. The van der Waals surface area contributed by atoms with E-state index in [4.69, 9.17) is 0 Å². The molecular formula is C12H14F3N. The quantitative estimate of drug-likeness (QED) is 0.664. The molecule has 1 nitrogen and oxygen atoms in total. The molecule has 2 rings (SSSR count). The van der Waals surface area contributed by atoms with Gasteiger partial charge in [0.1, 0.15) is 5.69 Å². The van der Waals surface area contributed by atoms with Crippen LogP contribution in [0.15, 0.2) is 0 Å². The van der Waals surface area contributed by atoms with Crippen molar-refractivity contribution in [1.29, 1.82) is 0 Å². The monoisotopic (exact) mass is 229 g/mol. The number of fused-ring (bicyclic) bond motifs is 1. The molecule has 0 saturated carbocycles. The lowest BCUT2D eigenvalue weighted by atomic mass is 10.0. The fourth-order valence-electron chi connectivity index (χ4n) is 2.37. The van der Waals surface area contributed by atoms with Crippen LogP contribution in [0.3, 0.4) is 0 Å². The van der Waals surface area contributed by atoms with Gasteiger partial charge >= 0.3 is 6.18 Å². The van der Waals surface area contributed by atoms with Gasteiger partial charge in [0.25, 0.3) is 0 Å². The van der Waals surface area contributed by atoms with E-state index in [9.17, 15) is 13.2 Å². The van der Waals surface area contributed by atoms with Gasteiger partial charge in [-0.2, -0.15) is 13.2 Å². The first-order valence-corrected chi connectivity index (χ1v) is 5.37. The van der Waals surface area contributed by atoms with Gasteiger partial charge in [-0.05, 0) is 49.3 Å². The van der Waals surface area contributed by atoms with E-state index in [1.54, 1.807) is 6.92 Å². The van der Waals surface area contributed by atoms with Gasteiger partial charge in [0.05, 0.1) is 0 Å². The van der Waals surface area contributed by atoms with Crippen LogP contribution in [0.25, 0.3) is 0 Å². The van der Waals surface area contributed by atoms with Gasteiger partial charge < -0.3 is 0 Å². The summed E-state index contributed by atoms with van der Waals surface area (Å²) in [6.45, 7) is 5.32. The predicted octanol–water partition coefficient (Wildman–Crippen LogP) is 3.45. The Morgan fingerprint density at radius 2 is 1.75 bits per heavy atom. The SMILES string of the molecule is Cc1c(C(F)(F)F)nc2c(c1C)CC(C)C2. The van der Waals surface area contributed by atoms with Gasteiger partial charge in [0.15, 0.2) is 0 Å². The average molecular weight is 229 g/mol. The normalized spacial score (nSPS) is 20.0. The fraction of sp³-hybridized carbons (Fsp3) is 0.583. The molecule has 1 aromatic heterocycles. The third-order valence-electron chi connectivity index (χ3n) is 3.33. The smallest absolute Gasteiger partial charge is 0.248 e. The van der Waals surface area contributed by atoms with Crippen LogP contribution in [0.4, 0.5) is 13.2 Å². The molecule has 1 atom stereocenters. The topological polar surface area (TPSA) is 12.9 Å². The van der Waals surface area contributed by atoms with Crippen LogP contribution in [-0.4, -0.2) is 4.98 Å². The molecule has 0 fully saturated rings. The zero-order chi connectivity index (χ0) is 12.1. The van der Waals surface area contributed by atoms with Crippen molar-refractivity contribution in [3.8, 4) is 0 Å². The number of hydrogen-bond donors (Lipinski definition) is 0. The molecule has 0 spiro atoms. The van der Waals surface area contributed by atoms with Crippen LogP contribution in [0, 0.1) is 19.8 Å². The summed E-state index contributed by atoms with van der Waals surface area (Å²) in [6, 6.07) is 0. The summed E-state index contributed by atoms with van der Waals surface area (Å²) in [5, 5.41) is 0. The summed E-state index contributed by atoms with van der Waals surface area (Å²) in [7, 11) is 0. The lowest BCUT2D eigenvalue weighted by Crippen LogP contribution is -2.14. The van der Waals surface area contributed by atoms with E-state index >= 15 is 0 Å². The third kappa shape index (κ3) is 1.70. The number of aromatic nitrogens is 1. The van der Waals surface area contributed by atoms with Gasteiger partial charge in [-0.3, -0.25) is 0 Å². The Bertz CT molecular complexity index is 435. The Morgan fingerprint density at radius 1 is 1.12 bits per heavy atom. The number of pyridine rings is 1. The molecule has 0 saturated heterocycles. The lowest BCUT2D eigenvalue weighted by Gasteiger charge is -2.14. The van der Waals surface area contributed by atoms with Gasteiger partial charge in [-0.25, -0.2) is 4.98 Å². The highest BCUT2D eigenvalue weighted by atomic mass is 19.4. The minimum atomic E-state index is -4.34. The molecule has 0 bridgehead atoms. The standard InChI is InChI=1S/C12H14F3N/c1-6-4-9-7(2)8(3)11(12(13,14)15)16-10(9)5-6/h6H,4-5H2,1-3H3. The Labute approximate surface area is 92.7 Å². The van der Waals surface area contributed by atoms with Crippen molar-refractivity contribution in [1.82, 2.24) is 4.98 Å². The van der Waals surface area contributed by atoms with Crippen molar-refractivity contribution in [2.75, 3.05) is 0 Å². The molecule has 1 unspecified atom stereocenters. The molecule has 1 heterocycles. The minimum absolute atomic E-state index is 0.278. The van der Waals surface area contributed by atoms with Crippen molar-refractivity contribution in [3.05, 3.63) is 28.1 Å². The average Bonchev–Trinajstić information content (AvgIpc) is 2.51. The Hall–Kier alpha value is -1.06. The Kier molecular flexibility index (Phi) is 2.48. The van der Waals surface area contributed by atoms with E-state index in [-0.39, 0.29) is 5.56 Å². The van der Waals surface area contributed by atoms with Crippen LogP contribution in [0.5, 0.6) is 0 Å². The van der Waals surface area contributed by atoms with E-state index in [1.807, 2.05) is 6.92 Å². The molecule has 16 heavy (non-hydrogen) atoms. The summed E-state index contributed by atoms with van der Waals surface area (Å²) < 4.78 is 38.2. The van der Waals surface area contributed by atoms with Crippen molar-refractivity contribution in [2.24, 2.45) is 5.92 Å². The maximum absolute atomic E-state index is 12.7. The third-order valence-corrected chi connectivity index (χ3v) is 3.33. The number of rotatable bonds is 0. The van der Waals surface area contributed by atoms with E-state index in [0.717, 1.165) is 17.5 Å². The van der Waals surface area contributed by atoms with Crippen LogP contribution in [-0.2, 0) is 19.0 Å². The van der Waals surface area contributed by atoms with Gasteiger partial charge in [-0.15, -0.1) is 0 Å². The van der Waals surface area contributed by atoms with Gasteiger partial charge in [0, 0.05) is 5.69 Å². The molecule has 1 aliphatic carbocycles. The second-order valence-electron chi connectivity index (χ2n) is 4.65. The molecule has 1 aromatic rings. The van der Waals surface area contributed by atoms with Crippen LogP contribution in [0.1, 0.15) is 35.0 Å². The van der Waals surface area contributed by atoms with Gasteiger partial charge in [-0.1, -0.05) is 6.92 Å². The van der Waals surface area contributed by atoms with E-state index in [0.29, 0.717) is 18.0 Å². The lowest BCUT2D eigenvalue weighted by molar-refractivity contribution is -0.141. The number of halogens is 3. The Morgan fingerprint density at radius 3 is 2.31 bits per heavy atom. The maximum Gasteiger partial charge on any atom is 0.433 e. The van der Waals surface area contributed by atoms with E-state index < -0.39 is 11.9 Å². The first-order valence-electron chi connectivity index (χ1n) is 5.37. The van der Waals surface area contributed by atoms with E-state index in [2.05, 4.69) is 4.98 Å².